The summed E-state index contributed by atoms with van der Waals surface area (Å²) in [5.41, 5.74) is 0. The molecule has 0 aromatic rings. The van der Waals surface area contributed by atoms with Crippen LogP contribution < -0.4 is 0 Å². The van der Waals surface area contributed by atoms with E-state index in [-0.39, 0.29) is 11.9 Å². The Labute approximate surface area is 90.9 Å². The molecule has 88 valence electrons. The fourth-order valence-corrected chi connectivity index (χ4v) is 1.93. The molecular weight excluding hydrogens is 196 g/mol. The average Bonchev–Trinajstić information content (AvgIpc) is 2.29. The lowest BCUT2D eigenvalue weighted by Crippen LogP contribution is -2.27. The van der Waals surface area contributed by atoms with Gasteiger partial charge in [-0.3, -0.25) is 4.79 Å². The van der Waals surface area contributed by atoms with E-state index in [1.807, 2.05) is 0 Å². The molecule has 1 aliphatic carbocycles. The molecule has 4 nitrogen and oxygen atoms in total. The molecule has 0 bridgehead atoms. The molecule has 0 N–H and O–H groups in total. The summed E-state index contributed by atoms with van der Waals surface area (Å²) in [6.07, 6.45) is 3.95. The first-order valence-corrected chi connectivity index (χ1v) is 5.46. The number of carbonyl (C=O) groups excluding carboxylic acids is 1. The Morgan fingerprint density at radius 1 is 1.13 bits per heavy atom. The van der Waals surface area contributed by atoms with Crippen molar-refractivity contribution in [2.24, 2.45) is 5.92 Å². The second-order valence-electron chi connectivity index (χ2n) is 3.86. The first-order valence-electron chi connectivity index (χ1n) is 5.46. The lowest BCUT2D eigenvalue weighted by Gasteiger charge is -2.26. The Kier molecular flexibility index (Phi) is 5.65. The molecule has 0 amide bonds. The number of carbonyl (C=O) groups is 1. The molecule has 0 heterocycles. The Bertz CT molecular complexity index is 185. The zero-order valence-electron chi connectivity index (χ0n) is 9.53. The van der Waals surface area contributed by atoms with E-state index in [1.54, 1.807) is 7.11 Å². The second kappa shape index (κ2) is 6.80. The highest BCUT2D eigenvalue weighted by Gasteiger charge is 2.26. The van der Waals surface area contributed by atoms with Gasteiger partial charge in [0.2, 0.25) is 0 Å². The molecule has 0 aliphatic heterocycles. The van der Waals surface area contributed by atoms with Gasteiger partial charge in [0.15, 0.2) is 0 Å². The summed E-state index contributed by atoms with van der Waals surface area (Å²) >= 11 is 0. The van der Waals surface area contributed by atoms with Crippen LogP contribution in [0.5, 0.6) is 0 Å². The van der Waals surface area contributed by atoms with Crippen LogP contribution in [0.3, 0.4) is 0 Å². The Morgan fingerprint density at radius 2 is 1.80 bits per heavy atom. The van der Waals surface area contributed by atoms with Crippen molar-refractivity contribution in [1.29, 1.82) is 0 Å². The van der Waals surface area contributed by atoms with Crippen molar-refractivity contribution in [3.63, 3.8) is 0 Å². The fraction of sp³-hybridized carbons (Fsp3) is 0.909. The largest absolute Gasteiger partial charge is 0.469 e. The number of rotatable bonds is 5. The summed E-state index contributed by atoms with van der Waals surface area (Å²) in [6, 6.07) is 0. The second-order valence-corrected chi connectivity index (χ2v) is 3.86. The monoisotopic (exact) mass is 216 g/mol. The Morgan fingerprint density at radius 3 is 2.33 bits per heavy atom. The van der Waals surface area contributed by atoms with Crippen LogP contribution in [0.1, 0.15) is 25.7 Å². The Balaban J connectivity index is 2.15. The lowest BCUT2D eigenvalue weighted by atomic mass is 9.87. The standard InChI is InChI=1S/C11H20O4/c1-13-7-8-15-10-5-3-9(4-6-10)11(12)14-2/h9-10H,3-8H2,1-2H3. The minimum Gasteiger partial charge on any atom is -0.469 e. The van der Waals surface area contributed by atoms with Gasteiger partial charge in [0, 0.05) is 7.11 Å². The smallest absolute Gasteiger partial charge is 0.308 e. The molecule has 0 atom stereocenters. The molecular formula is C11H20O4. The lowest BCUT2D eigenvalue weighted by molar-refractivity contribution is -0.147. The first kappa shape index (κ1) is 12.5. The van der Waals surface area contributed by atoms with E-state index in [4.69, 9.17) is 14.2 Å². The third kappa shape index (κ3) is 4.18. The highest BCUT2D eigenvalue weighted by molar-refractivity contribution is 5.72. The van der Waals surface area contributed by atoms with Gasteiger partial charge in [-0.15, -0.1) is 0 Å². The van der Waals surface area contributed by atoms with E-state index in [9.17, 15) is 4.79 Å². The van der Waals surface area contributed by atoms with Gasteiger partial charge in [-0.05, 0) is 25.7 Å². The van der Waals surface area contributed by atoms with Crippen molar-refractivity contribution in [2.45, 2.75) is 31.8 Å². The van der Waals surface area contributed by atoms with Crippen molar-refractivity contribution in [3.05, 3.63) is 0 Å². The van der Waals surface area contributed by atoms with Crippen molar-refractivity contribution >= 4 is 5.97 Å². The summed E-state index contributed by atoms with van der Waals surface area (Å²) in [5.74, 6) is 0.00242. The number of ether oxygens (including phenoxy) is 3. The van der Waals surface area contributed by atoms with Crippen LogP contribution in [0, 0.1) is 5.92 Å². The van der Waals surface area contributed by atoms with Crippen molar-refractivity contribution < 1.29 is 19.0 Å². The molecule has 0 spiro atoms. The van der Waals surface area contributed by atoms with Crippen LogP contribution in [-0.4, -0.2) is 39.5 Å². The topological polar surface area (TPSA) is 44.8 Å². The molecule has 0 aromatic heterocycles. The molecule has 0 saturated heterocycles. The van der Waals surface area contributed by atoms with E-state index in [1.165, 1.54) is 7.11 Å². The number of esters is 1. The molecule has 1 saturated carbocycles. The summed E-state index contributed by atoms with van der Waals surface area (Å²) < 4.78 is 15.2. The summed E-state index contributed by atoms with van der Waals surface area (Å²) in [7, 11) is 3.11. The van der Waals surface area contributed by atoms with Gasteiger partial charge in [0.05, 0.1) is 32.3 Å². The van der Waals surface area contributed by atoms with E-state index in [0.29, 0.717) is 19.3 Å². The van der Waals surface area contributed by atoms with Crippen LogP contribution in [0.2, 0.25) is 0 Å². The molecule has 4 heteroatoms. The number of hydrogen-bond donors (Lipinski definition) is 0. The molecule has 15 heavy (non-hydrogen) atoms. The van der Waals surface area contributed by atoms with Crippen LogP contribution in [0.25, 0.3) is 0 Å². The highest BCUT2D eigenvalue weighted by atomic mass is 16.5. The predicted octanol–water partition coefficient (Wildman–Crippen LogP) is 1.38. The van der Waals surface area contributed by atoms with Crippen LogP contribution in [0.4, 0.5) is 0 Å². The third-order valence-corrected chi connectivity index (χ3v) is 2.85. The summed E-state index contributed by atoms with van der Waals surface area (Å²) in [6.45, 7) is 1.28. The minimum atomic E-state index is -0.0784. The van der Waals surface area contributed by atoms with E-state index >= 15 is 0 Å². The maximum absolute atomic E-state index is 11.3. The maximum Gasteiger partial charge on any atom is 0.308 e. The first-order chi connectivity index (χ1) is 7.27. The van der Waals surface area contributed by atoms with Gasteiger partial charge in [-0.25, -0.2) is 0 Å². The van der Waals surface area contributed by atoms with E-state index in [2.05, 4.69) is 0 Å². The van der Waals surface area contributed by atoms with Gasteiger partial charge in [0.1, 0.15) is 0 Å². The fourth-order valence-electron chi connectivity index (χ4n) is 1.93. The molecule has 0 unspecified atom stereocenters. The van der Waals surface area contributed by atoms with Crippen molar-refractivity contribution in [2.75, 3.05) is 27.4 Å². The van der Waals surface area contributed by atoms with Crippen LogP contribution in [0.15, 0.2) is 0 Å². The quantitative estimate of drug-likeness (QED) is 0.514. The molecule has 1 aliphatic rings. The molecule has 1 rings (SSSR count). The minimum absolute atomic E-state index is 0.0784. The summed E-state index contributed by atoms with van der Waals surface area (Å²) in [5, 5.41) is 0. The molecule has 0 aromatic carbocycles. The van der Waals surface area contributed by atoms with Gasteiger partial charge in [0.25, 0.3) is 0 Å². The van der Waals surface area contributed by atoms with Crippen molar-refractivity contribution in [3.8, 4) is 0 Å². The normalized spacial score (nSPS) is 26.3. The zero-order valence-corrected chi connectivity index (χ0v) is 9.53. The van der Waals surface area contributed by atoms with Gasteiger partial charge >= 0.3 is 5.97 Å². The third-order valence-electron chi connectivity index (χ3n) is 2.85. The number of methoxy groups -OCH3 is 2. The van der Waals surface area contributed by atoms with E-state index < -0.39 is 0 Å². The predicted molar refractivity (Wildman–Crippen MR) is 55.6 cm³/mol. The zero-order chi connectivity index (χ0) is 11.1. The average molecular weight is 216 g/mol. The SMILES string of the molecule is COCCOC1CCC(C(=O)OC)CC1. The number of hydrogen-bond acceptors (Lipinski definition) is 4. The van der Waals surface area contributed by atoms with Crippen LogP contribution in [-0.2, 0) is 19.0 Å². The highest BCUT2D eigenvalue weighted by Crippen LogP contribution is 2.26. The van der Waals surface area contributed by atoms with Gasteiger partial charge < -0.3 is 14.2 Å². The van der Waals surface area contributed by atoms with E-state index in [0.717, 1.165) is 25.7 Å². The molecule has 1 fully saturated rings. The van der Waals surface area contributed by atoms with Crippen LogP contribution >= 0.6 is 0 Å². The van der Waals surface area contributed by atoms with Gasteiger partial charge in [-0.1, -0.05) is 0 Å². The summed E-state index contributed by atoms with van der Waals surface area (Å²) in [4.78, 5) is 11.3. The van der Waals surface area contributed by atoms with Gasteiger partial charge in [-0.2, -0.15) is 0 Å². The Hall–Kier alpha value is -0.610. The molecule has 0 radical (unpaired) electrons. The van der Waals surface area contributed by atoms with Crippen molar-refractivity contribution in [1.82, 2.24) is 0 Å². The maximum atomic E-state index is 11.3.